The molecule has 114 valence electrons. The minimum Gasteiger partial charge on any atom is -0.481 e. The second-order valence-corrected chi connectivity index (χ2v) is 7.48. The number of carbonyl (C=O) groups is 1. The Morgan fingerprint density at radius 1 is 1.24 bits per heavy atom. The van der Waals surface area contributed by atoms with Gasteiger partial charge >= 0.3 is 5.97 Å². The van der Waals surface area contributed by atoms with Crippen molar-refractivity contribution in [3.8, 4) is 0 Å². The zero-order valence-corrected chi connectivity index (χ0v) is 12.9. The number of hydrogen-bond donors (Lipinski definition) is 2. The number of carboxylic acid groups (broad SMARTS) is 1. The van der Waals surface area contributed by atoms with Gasteiger partial charge in [0, 0.05) is 11.0 Å². The van der Waals surface area contributed by atoms with Gasteiger partial charge in [0.25, 0.3) is 0 Å². The maximum atomic E-state index is 11.6. The van der Waals surface area contributed by atoms with Crippen molar-refractivity contribution in [2.75, 3.05) is 0 Å². The third kappa shape index (κ3) is 2.18. The van der Waals surface area contributed by atoms with E-state index in [4.69, 9.17) is 5.73 Å². The Balaban J connectivity index is 2.09. The van der Waals surface area contributed by atoms with Crippen molar-refractivity contribution in [2.45, 2.75) is 51.5 Å². The van der Waals surface area contributed by atoms with Gasteiger partial charge in [-0.25, -0.2) is 0 Å². The van der Waals surface area contributed by atoms with E-state index < -0.39 is 11.5 Å². The Morgan fingerprint density at radius 3 is 2.10 bits per heavy atom. The first-order valence-corrected chi connectivity index (χ1v) is 7.92. The maximum absolute atomic E-state index is 11.6. The first kappa shape index (κ1) is 14.6. The van der Waals surface area contributed by atoms with Crippen LogP contribution in [0.15, 0.2) is 24.3 Å². The first-order chi connectivity index (χ1) is 9.84. The summed E-state index contributed by atoms with van der Waals surface area (Å²) in [5.41, 5.74) is 8.57. The van der Waals surface area contributed by atoms with Gasteiger partial charge in [-0.2, -0.15) is 0 Å². The van der Waals surface area contributed by atoms with Crippen LogP contribution < -0.4 is 5.73 Å². The van der Waals surface area contributed by atoms with Crippen LogP contribution in [0.4, 0.5) is 0 Å². The average molecular weight is 287 g/mol. The summed E-state index contributed by atoms with van der Waals surface area (Å²) in [7, 11) is 0. The molecule has 0 aromatic heterocycles. The monoisotopic (exact) mass is 287 g/mol. The number of hydrogen-bond acceptors (Lipinski definition) is 2. The lowest BCUT2D eigenvalue weighted by atomic mass is 9.58. The van der Waals surface area contributed by atoms with Gasteiger partial charge in [0.1, 0.15) is 0 Å². The van der Waals surface area contributed by atoms with Crippen LogP contribution in [0.5, 0.6) is 0 Å². The highest BCUT2D eigenvalue weighted by atomic mass is 16.4. The van der Waals surface area contributed by atoms with Crippen molar-refractivity contribution < 1.29 is 9.90 Å². The summed E-state index contributed by atoms with van der Waals surface area (Å²) < 4.78 is 0. The lowest BCUT2D eigenvalue weighted by Gasteiger charge is -2.48. The zero-order valence-electron chi connectivity index (χ0n) is 12.9. The molecule has 2 unspecified atom stereocenters. The fourth-order valence-electron chi connectivity index (χ4n) is 5.12. The van der Waals surface area contributed by atoms with Gasteiger partial charge in [0.2, 0.25) is 0 Å². The Kier molecular flexibility index (Phi) is 3.36. The van der Waals surface area contributed by atoms with Crippen molar-refractivity contribution in [1.29, 1.82) is 0 Å². The average Bonchev–Trinajstić information content (AvgIpc) is 2.62. The molecule has 2 atom stereocenters. The first-order valence-electron chi connectivity index (χ1n) is 7.92. The molecule has 1 saturated carbocycles. The number of fused-ring (bicyclic) bond motifs is 3. The number of carboxylic acids is 1. The van der Waals surface area contributed by atoms with E-state index in [0.717, 1.165) is 25.7 Å². The predicted octanol–water partition coefficient (Wildman–Crippen LogP) is 3.01. The molecular formula is C18H25NO2. The molecule has 2 aliphatic carbocycles. The molecule has 0 amide bonds. The van der Waals surface area contributed by atoms with Crippen molar-refractivity contribution in [1.82, 2.24) is 0 Å². The number of rotatable bonds is 3. The Morgan fingerprint density at radius 2 is 1.71 bits per heavy atom. The molecule has 0 saturated heterocycles. The summed E-state index contributed by atoms with van der Waals surface area (Å²) in [6, 6.07) is 8.57. The number of aliphatic carboxylic acids is 1. The smallest absolute Gasteiger partial charge is 0.303 e. The largest absolute Gasteiger partial charge is 0.481 e. The van der Waals surface area contributed by atoms with Crippen molar-refractivity contribution in [3.63, 3.8) is 0 Å². The van der Waals surface area contributed by atoms with E-state index in [2.05, 4.69) is 24.3 Å². The van der Waals surface area contributed by atoms with Gasteiger partial charge in [-0.1, -0.05) is 24.3 Å². The van der Waals surface area contributed by atoms with Gasteiger partial charge in [-0.05, 0) is 62.5 Å². The molecule has 3 rings (SSSR count). The molecule has 1 fully saturated rings. The molecule has 0 aliphatic heterocycles. The molecule has 3 N–H and O–H groups in total. The van der Waals surface area contributed by atoms with Crippen LogP contribution in [0.3, 0.4) is 0 Å². The lowest BCUT2D eigenvalue weighted by Crippen LogP contribution is -2.57. The quantitative estimate of drug-likeness (QED) is 0.898. The SMILES string of the molecule is CC(C)(N)C1(CC(=O)O)C2CCC1Cc1ccccc1C2. The molecule has 2 bridgehead atoms. The van der Waals surface area contributed by atoms with Gasteiger partial charge in [-0.3, -0.25) is 4.79 Å². The third-order valence-electron chi connectivity index (χ3n) is 6.01. The molecular weight excluding hydrogens is 262 g/mol. The fraction of sp³-hybridized carbons (Fsp3) is 0.611. The highest BCUT2D eigenvalue weighted by Gasteiger charge is 2.58. The third-order valence-corrected chi connectivity index (χ3v) is 6.01. The lowest BCUT2D eigenvalue weighted by molar-refractivity contribution is -0.143. The predicted molar refractivity (Wildman–Crippen MR) is 83.0 cm³/mol. The minimum atomic E-state index is -0.712. The molecule has 1 aromatic carbocycles. The van der Waals surface area contributed by atoms with Crippen molar-refractivity contribution in [3.05, 3.63) is 35.4 Å². The maximum Gasteiger partial charge on any atom is 0.303 e. The van der Waals surface area contributed by atoms with E-state index in [9.17, 15) is 9.90 Å². The molecule has 0 spiro atoms. The van der Waals surface area contributed by atoms with Gasteiger partial charge in [0.15, 0.2) is 0 Å². The normalized spacial score (nSPS) is 31.6. The topological polar surface area (TPSA) is 63.3 Å². The summed E-state index contributed by atoms with van der Waals surface area (Å²) in [4.78, 5) is 11.6. The van der Waals surface area contributed by atoms with E-state index in [-0.39, 0.29) is 11.8 Å². The van der Waals surface area contributed by atoms with Crippen LogP contribution in [-0.4, -0.2) is 16.6 Å². The van der Waals surface area contributed by atoms with Gasteiger partial charge in [0.05, 0.1) is 6.42 Å². The number of benzene rings is 1. The molecule has 21 heavy (non-hydrogen) atoms. The van der Waals surface area contributed by atoms with E-state index >= 15 is 0 Å². The summed E-state index contributed by atoms with van der Waals surface area (Å²) in [6.45, 7) is 4.05. The summed E-state index contributed by atoms with van der Waals surface area (Å²) >= 11 is 0. The van der Waals surface area contributed by atoms with E-state index in [1.807, 2.05) is 13.8 Å². The summed E-state index contributed by atoms with van der Waals surface area (Å²) in [5, 5.41) is 9.51. The molecule has 3 heteroatoms. The number of nitrogens with two attached hydrogens (primary N) is 1. The van der Waals surface area contributed by atoms with E-state index in [0.29, 0.717) is 11.8 Å². The minimum absolute atomic E-state index is 0.194. The summed E-state index contributed by atoms with van der Waals surface area (Å²) in [6.07, 6.45) is 4.35. The summed E-state index contributed by atoms with van der Waals surface area (Å²) in [5.74, 6) is 0.0425. The van der Waals surface area contributed by atoms with Crippen LogP contribution in [-0.2, 0) is 17.6 Å². The van der Waals surface area contributed by atoms with Crippen LogP contribution in [0.1, 0.15) is 44.2 Å². The Hall–Kier alpha value is -1.35. The second kappa shape index (κ2) is 4.84. The van der Waals surface area contributed by atoms with E-state index in [1.165, 1.54) is 11.1 Å². The second-order valence-electron chi connectivity index (χ2n) is 7.48. The van der Waals surface area contributed by atoms with Crippen LogP contribution >= 0.6 is 0 Å². The highest BCUT2D eigenvalue weighted by molar-refractivity contribution is 5.68. The standard InChI is InChI=1S/C18H25NO2/c1-17(2,19)18(11-16(20)21)14-7-8-15(18)10-13-6-4-3-5-12(13)9-14/h3-6,14-15H,7-11,19H2,1-2H3,(H,20,21). The van der Waals surface area contributed by atoms with Gasteiger partial charge in [-0.15, -0.1) is 0 Å². The van der Waals surface area contributed by atoms with Crippen LogP contribution in [0.25, 0.3) is 0 Å². The molecule has 0 radical (unpaired) electrons. The molecule has 1 aromatic rings. The van der Waals surface area contributed by atoms with Crippen LogP contribution in [0.2, 0.25) is 0 Å². The Bertz CT molecular complexity index is 526. The van der Waals surface area contributed by atoms with Crippen molar-refractivity contribution in [2.24, 2.45) is 23.0 Å². The highest BCUT2D eigenvalue weighted by Crippen LogP contribution is 2.59. The van der Waals surface area contributed by atoms with Crippen LogP contribution in [0, 0.1) is 17.3 Å². The van der Waals surface area contributed by atoms with E-state index in [1.54, 1.807) is 0 Å². The molecule has 0 heterocycles. The molecule has 3 nitrogen and oxygen atoms in total. The van der Waals surface area contributed by atoms with Gasteiger partial charge < -0.3 is 10.8 Å². The Labute approximate surface area is 126 Å². The zero-order chi connectivity index (χ0) is 15.3. The van der Waals surface area contributed by atoms with Crippen molar-refractivity contribution >= 4 is 5.97 Å². The fourth-order valence-corrected chi connectivity index (χ4v) is 5.12. The molecule has 2 aliphatic rings.